The minimum Gasteiger partial charge on any atom is -0.508 e. The van der Waals surface area contributed by atoms with Crippen LogP contribution in [0.4, 0.5) is 0 Å². The maximum absolute atomic E-state index is 10.2. The van der Waals surface area contributed by atoms with E-state index in [1.54, 1.807) is 12.1 Å². The second kappa shape index (κ2) is 15.5. The number of nitrogens with two attached hydrogens (primary N) is 2. The summed E-state index contributed by atoms with van der Waals surface area (Å²) in [6.07, 6.45) is 0.763. The highest BCUT2D eigenvalue weighted by Crippen LogP contribution is 2.09. The first-order valence-corrected chi connectivity index (χ1v) is 9.09. The lowest BCUT2D eigenvalue weighted by Crippen LogP contribution is -2.30. The molecule has 0 aliphatic heterocycles. The van der Waals surface area contributed by atoms with Gasteiger partial charge in [0.05, 0.1) is 6.42 Å². The fourth-order valence-electron chi connectivity index (χ4n) is 2.00. The van der Waals surface area contributed by atoms with Gasteiger partial charge in [0.25, 0.3) is 0 Å². The van der Waals surface area contributed by atoms with Crippen molar-refractivity contribution in [1.29, 1.82) is 0 Å². The first kappa shape index (κ1) is 26.6. The Balaban J connectivity index is 0.000000423. The third-order valence-corrected chi connectivity index (χ3v) is 3.55. The second-order valence-corrected chi connectivity index (χ2v) is 6.14. The molecular weight excluding hydrogens is 392 g/mol. The van der Waals surface area contributed by atoms with E-state index in [9.17, 15) is 14.4 Å². The summed E-state index contributed by atoms with van der Waals surface area (Å²) in [6.45, 7) is 0.740. The van der Waals surface area contributed by atoms with Crippen molar-refractivity contribution < 1.29 is 34.8 Å². The summed E-state index contributed by atoms with van der Waals surface area (Å²) < 4.78 is 0. The van der Waals surface area contributed by atoms with Crippen LogP contribution >= 0.6 is 0 Å². The number of aromatic hydroxyl groups is 1. The number of aliphatic carboxylic acids is 3. The van der Waals surface area contributed by atoms with E-state index in [2.05, 4.69) is 12.1 Å². The van der Waals surface area contributed by atoms with Crippen LogP contribution in [-0.4, -0.2) is 50.9 Å². The number of phenolic OH excluding ortho intramolecular Hbond substituents is 1. The van der Waals surface area contributed by atoms with Gasteiger partial charge in [-0.2, -0.15) is 0 Å². The first-order chi connectivity index (χ1) is 14.1. The standard InChI is InChI=1S/C8H11N.C8H8O3.C5H9NO4/c9-7-6-8-4-2-1-3-5-8;9-7-3-1-6(2-4-7)5-8(10)11;6-3(5(9)10)1-2-4(7)8/h1-5H,6-7,9H2;1-4,9H,5H2,(H,10,11);3H,1-2,6H2,(H,7,8)(H,9,10)/t;;3-/m..0/s1. The molecular formula is C21H28N2O7. The number of carbonyl (C=O) groups is 3. The minimum atomic E-state index is -1.17. The zero-order chi connectivity index (χ0) is 22.9. The van der Waals surface area contributed by atoms with Crippen molar-refractivity contribution >= 4 is 17.9 Å². The predicted molar refractivity (Wildman–Crippen MR) is 111 cm³/mol. The van der Waals surface area contributed by atoms with Crippen molar-refractivity contribution in [3.63, 3.8) is 0 Å². The largest absolute Gasteiger partial charge is 0.508 e. The van der Waals surface area contributed by atoms with Gasteiger partial charge in [-0.05, 0) is 42.6 Å². The van der Waals surface area contributed by atoms with Crippen LogP contribution in [0.15, 0.2) is 54.6 Å². The maximum Gasteiger partial charge on any atom is 0.320 e. The van der Waals surface area contributed by atoms with Crippen molar-refractivity contribution in [2.45, 2.75) is 31.7 Å². The van der Waals surface area contributed by atoms with Gasteiger partial charge in [-0.1, -0.05) is 42.5 Å². The Morgan fingerprint density at radius 1 is 0.833 bits per heavy atom. The molecule has 2 aromatic rings. The second-order valence-electron chi connectivity index (χ2n) is 6.14. The molecule has 0 amide bonds. The molecule has 0 aromatic heterocycles. The van der Waals surface area contributed by atoms with Crippen LogP contribution in [0, 0.1) is 0 Å². The summed E-state index contributed by atoms with van der Waals surface area (Å²) in [5.41, 5.74) is 12.4. The molecule has 2 aromatic carbocycles. The van der Waals surface area contributed by atoms with Crippen LogP contribution in [0.25, 0.3) is 0 Å². The normalized spacial score (nSPS) is 10.5. The lowest BCUT2D eigenvalue weighted by molar-refractivity contribution is -0.140. The lowest BCUT2D eigenvalue weighted by Gasteiger charge is -2.01. The highest BCUT2D eigenvalue weighted by atomic mass is 16.4. The van der Waals surface area contributed by atoms with Gasteiger partial charge in [0.1, 0.15) is 11.8 Å². The van der Waals surface area contributed by atoms with Gasteiger partial charge in [-0.3, -0.25) is 14.4 Å². The van der Waals surface area contributed by atoms with Crippen molar-refractivity contribution in [2.75, 3.05) is 6.54 Å². The lowest BCUT2D eigenvalue weighted by atomic mass is 10.1. The van der Waals surface area contributed by atoms with Crippen LogP contribution in [0.5, 0.6) is 5.75 Å². The van der Waals surface area contributed by atoms with E-state index in [0.29, 0.717) is 5.56 Å². The molecule has 0 spiro atoms. The summed E-state index contributed by atoms with van der Waals surface area (Å²) in [4.78, 5) is 30.1. The van der Waals surface area contributed by atoms with Gasteiger partial charge in [0.15, 0.2) is 0 Å². The molecule has 0 fully saturated rings. The quantitative estimate of drug-likeness (QED) is 0.368. The van der Waals surface area contributed by atoms with Gasteiger partial charge in [0, 0.05) is 6.42 Å². The Morgan fingerprint density at radius 3 is 1.83 bits per heavy atom. The van der Waals surface area contributed by atoms with Crippen LogP contribution in [0.1, 0.15) is 24.0 Å². The smallest absolute Gasteiger partial charge is 0.320 e. The van der Waals surface area contributed by atoms with E-state index in [-0.39, 0.29) is 25.0 Å². The van der Waals surface area contributed by atoms with E-state index in [4.69, 9.17) is 31.9 Å². The molecule has 0 aliphatic rings. The number of carboxylic acids is 3. The number of phenols is 1. The van der Waals surface area contributed by atoms with Crippen LogP contribution in [-0.2, 0) is 27.2 Å². The average Bonchev–Trinajstić information content (AvgIpc) is 2.69. The molecule has 9 nitrogen and oxygen atoms in total. The number of carboxylic acid groups (broad SMARTS) is 3. The third kappa shape index (κ3) is 14.6. The molecule has 0 unspecified atom stereocenters. The molecule has 0 heterocycles. The van der Waals surface area contributed by atoms with Crippen LogP contribution in [0.3, 0.4) is 0 Å². The third-order valence-electron chi connectivity index (χ3n) is 3.55. The van der Waals surface area contributed by atoms with E-state index in [1.807, 2.05) is 18.2 Å². The van der Waals surface area contributed by atoms with Crippen molar-refractivity contribution in [1.82, 2.24) is 0 Å². The highest BCUT2D eigenvalue weighted by Gasteiger charge is 2.12. The van der Waals surface area contributed by atoms with Gasteiger partial charge in [-0.25, -0.2) is 0 Å². The molecule has 0 aliphatic carbocycles. The number of benzene rings is 2. The molecule has 0 radical (unpaired) electrons. The Hall–Kier alpha value is -3.43. The Morgan fingerprint density at radius 2 is 1.40 bits per heavy atom. The van der Waals surface area contributed by atoms with Gasteiger partial charge in [-0.15, -0.1) is 0 Å². The SMILES string of the molecule is NCCc1ccccc1.N[C@@H](CCC(=O)O)C(=O)O.O=C(O)Cc1ccc(O)cc1. The first-order valence-electron chi connectivity index (χ1n) is 9.09. The monoisotopic (exact) mass is 420 g/mol. The topological polar surface area (TPSA) is 184 Å². The highest BCUT2D eigenvalue weighted by molar-refractivity contribution is 5.74. The minimum absolute atomic E-state index is 0.000278. The fraction of sp³-hybridized carbons (Fsp3) is 0.286. The summed E-state index contributed by atoms with van der Waals surface area (Å²) in [6, 6.07) is 15.3. The average molecular weight is 420 g/mol. The molecule has 8 N–H and O–H groups in total. The number of hydrogen-bond donors (Lipinski definition) is 6. The zero-order valence-corrected chi connectivity index (χ0v) is 16.5. The number of rotatable bonds is 8. The Bertz CT molecular complexity index is 765. The number of hydrogen-bond acceptors (Lipinski definition) is 6. The van der Waals surface area contributed by atoms with E-state index in [1.165, 1.54) is 17.7 Å². The Labute approximate surface area is 174 Å². The molecule has 9 heteroatoms. The van der Waals surface area contributed by atoms with Gasteiger partial charge in [0.2, 0.25) is 0 Å². The zero-order valence-electron chi connectivity index (χ0n) is 16.5. The summed E-state index contributed by atoms with van der Waals surface area (Å²) in [5, 5.41) is 33.5. The molecule has 164 valence electrons. The van der Waals surface area contributed by atoms with E-state index < -0.39 is 23.9 Å². The maximum atomic E-state index is 10.2. The van der Waals surface area contributed by atoms with Crippen molar-refractivity contribution in [3.8, 4) is 5.75 Å². The van der Waals surface area contributed by atoms with Crippen molar-refractivity contribution in [2.24, 2.45) is 11.5 Å². The Kier molecular flexibility index (Phi) is 13.7. The molecule has 2 rings (SSSR count). The molecule has 30 heavy (non-hydrogen) atoms. The molecule has 1 atom stereocenters. The van der Waals surface area contributed by atoms with E-state index in [0.717, 1.165) is 13.0 Å². The van der Waals surface area contributed by atoms with Crippen molar-refractivity contribution in [3.05, 3.63) is 65.7 Å². The van der Waals surface area contributed by atoms with Gasteiger partial charge < -0.3 is 31.9 Å². The van der Waals surface area contributed by atoms with Crippen LogP contribution in [0.2, 0.25) is 0 Å². The van der Waals surface area contributed by atoms with Gasteiger partial charge >= 0.3 is 17.9 Å². The molecule has 0 saturated carbocycles. The van der Waals surface area contributed by atoms with E-state index >= 15 is 0 Å². The van der Waals surface area contributed by atoms with Crippen LogP contribution < -0.4 is 11.5 Å². The summed E-state index contributed by atoms with van der Waals surface area (Å²) in [5.74, 6) is -2.91. The molecule has 0 saturated heterocycles. The fourth-order valence-corrected chi connectivity index (χ4v) is 2.00. The summed E-state index contributed by atoms with van der Waals surface area (Å²) in [7, 11) is 0. The molecule has 0 bridgehead atoms. The summed E-state index contributed by atoms with van der Waals surface area (Å²) >= 11 is 0. The predicted octanol–water partition coefficient (Wildman–Crippen LogP) is 1.47.